The highest BCUT2D eigenvalue weighted by molar-refractivity contribution is 5.86. The number of carbonyl (C=O) groups is 2. The lowest BCUT2D eigenvalue weighted by Gasteiger charge is -2.20. The Morgan fingerprint density at radius 1 is 1.44 bits per heavy atom. The molecule has 0 radical (unpaired) electrons. The van der Waals surface area contributed by atoms with Gasteiger partial charge in [-0.15, -0.1) is 12.4 Å². The van der Waals surface area contributed by atoms with Gasteiger partial charge in [0.2, 0.25) is 11.8 Å². The van der Waals surface area contributed by atoms with Crippen molar-refractivity contribution in [3.8, 4) is 0 Å². The quantitative estimate of drug-likeness (QED) is 0.722. The van der Waals surface area contributed by atoms with Crippen molar-refractivity contribution in [1.29, 1.82) is 0 Å². The number of carbonyl (C=O) groups excluding carboxylic acids is 2. The van der Waals surface area contributed by atoms with Crippen molar-refractivity contribution in [2.45, 2.75) is 25.3 Å². The number of halogens is 1. The van der Waals surface area contributed by atoms with Gasteiger partial charge in [0.25, 0.3) is 0 Å². The Balaban J connectivity index is 0.00000128. The Hall–Kier alpha value is -0.810. The van der Waals surface area contributed by atoms with E-state index in [1.165, 1.54) is 0 Å². The van der Waals surface area contributed by atoms with Crippen molar-refractivity contribution < 1.29 is 9.59 Å². The van der Waals surface area contributed by atoms with Crippen LogP contribution in [0.4, 0.5) is 0 Å². The third-order valence-electron chi connectivity index (χ3n) is 3.07. The fraction of sp³-hybridized carbons (Fsp3) is 0.800. The SMILES string of the molecule is Cl.N[C@H]1CCN(C(=O)CN2CCCC2=O)C1. The maximum absolute atomic E-state index is 11.8. The van der Waals surface area contributed by atoms with Gasteiger partial charge in [-0.1, -0.05) is 0 Å². The molecule has 2 amide bonds. The van der Waals surface area contributed by atoms with Crippen LogP contribution in [0.2, 0.25) is 0 Å². The number of nitrogens with zero attached hydrogens (tertiary/aromatic N) is 2. The molecular formula is C10H18ClN3O2. The smallest absolute Gasteiger partial charge is 0.242 e. The summed E-state index contributed by atoms with van der Waals surface area (Å²) in [6, 6.07) is 0.114. The molecule has 2 aliphatic heterocycles. The highest BCUT2D eigenvalue weighted by Gasteiger charge is 2.28. The molecule has 0 bridgehead atoms. The van der Waals surface area contributed by atoms with E-state index in [0.29, 0.717) is 13.0 Å². The van der Waals surface area contributed by atoms with Crippen LogP contribution in [0.3, 0.4) is 0 Å². The highest BCUT2D eigenvalue weighted by atomic mass is 35.5. The number of rotatable bonds is 2. The zero-order valence-electron chi connectivity index (χ0n) is 9.22. The third kappa shape index (κ3) is 2.86. The van der Waals surface area contributed by atoms with E-state index in [4.69, 9.17) is 5.73 Å². The predicted octanol–water partition coefficient (Wildman–Crippen LogP) is -0.410. The average Bonchev–Trinajstić information content (AvgIpc) is 2.77. The molecular weight excluding hydrogens is 230 g/mol. The van der Waals surface area contributed by atoms with Crippen LogP contribution in [0.15, 0.2) is 0 Å². The molecule has 2 N–H and O–H groups in total. The fourth-order valence-electron chi connectivity index (χ4n) is 2.15. The third-order valence-corrected chi connectivity index (χ3v) is 3.07. The van der Waals surface area contributed by atoms with E-state index in [2.05, 4.69) is 0 Å². The second-order valence-electron chi connectivity index (χ2n) is 4.31. The summed E-state index contributed by atoms with van der Waals surface area (Å²) in [5.41, 5.74) is 5.72. The van der Waals surface area contributed by atoms with Gasteiger partial charge in [0, 0.05) is 32.1 Å². The summed E-state index contributed by atoms with van der Waals surface area (Å²) in [4.78, 5) is 26.5. The summed E-state index contributed by atoms with van der Waals surface area (Å²) < 4.78 is 0. The lowest BCUT2D eigenvalue weighted by molar-refractivity contribution is -0.137. The van der Waals surface area contributed by atoms with Crippen molar-refractivity contribution in [1.82, 2.24) is 9.80 Å². The number of hydrogen-bond acceptors (Lipinski definition) is 3. The minimum Gasteiger partial charge on any atom is -0.340 e. The van der Waals surface area contributed by atoms with E-state index in [1.54, 1.807) is 9.80 Å². The molecule has 2 rings (SSSR count). The molecule has 1 atom stereocenters. The van der Waals surface area contributed by atoms with Crippen LogP contribution in [-0.4, -0.2) is 53.8 Å². The van der Waals surface area contributed by atoms with Crippen molar-refractivity contribution >= 4 is 24.2 Å². The van der Waals surface area contributed by atoms with Crippen LogP contribution in [0.1, 0.15) is 19.3 Å². The average molecular weight is 248 g/mol. The van der Waals surface area contributed by atoms with Crippen LogP contribution in [0, 0.1) is 0 Å². The number of hydrogen-bond donors (Lipinski definition) is 1. The maximum Gasteiger partial charge on any atom is 0.242 e. The molecule has 0 aliphatic carbocycles. The predicted molar refractivity (Wildman–Crippen MR) is 62.2 cm³/mol. The molecule has 2 heterocycles. The van der Waals surface area contributed by atoms with Gasteiger partial charge >= 0.3 is 0 Å². The number of nitrogens with two attached hydrogens (primary N) is 1. The molecule has 0 aromatic carbocycles. The Morgan fingerprint density at radius 3 is 2.69 bits per heavy atom. The molecule has 0 aromatic rings. The first-order chi connectivity index (χ1) is 7.16. The van der Waals surface area contributed by atoms with Gasteiger partial charge in [-0.25, -0.2) is 0 Å². The van der Waals surface area contributed by atoms with Gasteiger partial charge in [-0.05, 0) is 12.8 Å². The zero-order chi connectivity index (χ0) is 10.8. The van der Waals surface area contributed by atoms with Crippen molar-refractivity contribution in [2.24, 2.45) is 5.73 Å². The summed E-state index contributed by atoms with van der Waals surface area (Å²) in [6.07, 6.45) is 2.35. The first-order valence-electron chi connectivity index (χ1n) is 5.48. The molecule has 0 unspecified atom stereocenters. The Bertz CT molecular complexity index is 285. The van der Waals surface area contributed by atoms with Crippen LogP contribution >= 0.6 is 12.4 Å². The van der Waals surface area contributed by atoms with Crippen LogP contribution < -0.4 is 5.73 Å². The Labute approximate surface area is 101 Å². The Kier molecular flexibility index (Phi) is 4.56. The van der Waals surface area contributed by atoms with E-state index in [-0.39, 0.29) is 36.8 Å². The maximum atomic E-state index is 11.8. The molecule has 6 heteroatoms. The highest BCUT2D eigenvalue weighted by Crippen LogP contribution is 2.12. The first-order valence-corrected chi connectivity index (χ1v) is 5.48. The second kappa shape index (κ2) is 5.50. The largest absolute Gasteiger partial charge is 0.340 e. The molecule has 0 saturated carbocycles. The van der Waals surface area contributed by atoms with E-state index >= 15 is 0 Å². The minimum absolute atomic E-state index is 0. The van der Waals surface area contributed by atoms with Crippen molar-refractivity contribution in [2.75, 3.05) is 26.2 Å². The van der Waals surface area contributed by atoms with Crippen LogP contribution in [0.5, 0.6) is 0 Å². The molecule has 2 aliphatic rings. The molecule has 0 aromatic heterocycles. The van der Waals surface area contributed by atoms with Gasteiger partial charge in [0.05, 0.1) is 6.54 Å². The van der Waals surface area contributed by atoms with E-state index < -0.39 is 0 Å². The lowest BCUT2D eigenvalue weighted by atomic mass is 10.3. The molecule has 2 saturated heterocycles. The first kappa shape index (κ1) is 13.3. The zero-order valence-corrected chi connectivity index (χ0v) is 10.0. The number of amides is 2. The molecule has 2 fully saturated rings. The summed E-state index contributed by atoms with van der Waals surface area (Å²) in [7, 11) is 0. The summed E-state index contributed by atoms with van der Waals surface area (Å²) in [5.74, 6) is 0.144. The van der Waals surface area contributed by atoms with Crippen molar-refractivity contribution in [3.63, 3.8) is 0 Å². The normalized spacial score (nSPS) is 24.8. The minimum atomic E-state index is 0. The van der Waals surface area contributed by atoms with Gasteiger partial charge in [0.15, 0.2) is 0 Å². The molecule has 16 heavy (non-hydrogen) atoms. The van der Waals surface area contributed by atoms with Crippen LogP contribution in [-0.2, 0) is 9.59 Å². The molecule has 5 nitrogen and oxygen atoms in total. The van der Waals surface area contributed by atoms with E-state index in [1.807, 2.05) is 0 Å². The van der Waals surface area contributed by atoms with Gasteiger partial charge in [-0.3, -0.25) is 9.59 Å². The molecule has 92 valence electrons. The monoisotopic (exact) mass is 247 g/mol. The Morgan fingerprint density at radius 2 is 2.19 bits per heavy atom. The topological polar surface area (TPSA) is 66.6 Å². The van der Waals surface area contributed by atoms with Crippen LogP contribution in [0.25, 0.3) is 0 Å². The van der Waals surface area contributed by atoms with Gasteiger partial charge < -0.3 is 15.5 Å². The standard InChI is InChI=1S/C10H17N3O2.ClH/c11-8-3-5-13(6-8)10(15)7-12-4-1-2-9(12)14;/h8H,1-7,11H2;1H/t8-;/m0./s1. The summed E-state index contributed by atoms with van der Waals surface area (Å²) >= 11 is 0. The fourth-order valence-corrected chi connectivity index (χ4v) is 2.15. The summed E-state index contributed by atoms with van der Waals surface area (Å²) in [5, 5.41) is 0. The lowest BCUT2D eigenvalue weighted by Crippen LogP contribution is -2.40. The summed E-state index contributed by atoms with van der Waals surface area (Å²) in [6.45, 7) is 2.35. The number of likely N-dealkylation sites (tertiary alicyclic amines) is 2. The van der Waals surface area contributed by atoms with Gasteiger partial charge in [0.1, 0.15) is 0 Å². The van der Waals surface area contributed by atoms with Crippen molar-refractivity contribution in [3.05, 3.63) is 0 Å². The van der Waals surface area contributed by atoms with E-state index in [9.17, 15) is 9.59 Å². The molecule has 0 spiro atoms. The second-order valence-corrected chi connectivity index (χ2v) is 4.31. The van der Waals surface area contributed by atoms with Gasteiger partial charge in [-0.2, -0.15) is 0 Å². The van der Waals surface area contributed by atoms with E-state index in [0.717, 1.165) is 25.9 Å².